The van der Waals surface area contributed by atoms with E-state index in [1.54, 1.807) is 4.90 Å². The first-order chi connectivity index (χ1) is 12.3. The molecule has 0 N–H and O–H groups in total. The summed E-state index contributed by atoms with van der Waals surface area (Å²) in [6.45, 7) is 2.62. The van der Waals surface area contributed by atoms with Crippen LogP contribution in [-0.2, 0) is 4.79 Å². The van der Waals surface area contributed by atoms with Crippen LogP contribution < -0.4 is 4.74 Å². The largest absolute Gasteiger partial charge is 0.494 e. The molecule has 5 heteroatoms. The van der Waals surface area contributed by atoms with Crippen LogP contribution in [0.3, 0.4) is 0 Å². The SMILES string of the molecule is CCOc1ccc(C2=C[C@@H](c3ccccc3)N3C(=O)CSC3=N2)cc1. The number of nitrogens with zero attached hydrogens (tertiary/aromatic N) is 2. The van der Waals surface area contributed by atoms with Gasteiger partial charge in [0.15, 0.2) is 5.17 Å². The number of thioether (sulfide) groups is 1. The van der Waals surface area contributed by atoms with E-state index in [1.165, 1.54) is 11.8 Å². The van der Waals surface area contributed by atoms with Crippen molar-refractivity contribution in [2.24, 2.45) is 4.99 Å². The third kappa shape index (κ3) is 3.07. The van der Waals surface area contributed by atoms with E-state index in [4.69, 9.17) is 9.73 Å². The Kier molecular flexibility index (Phi) is 4.32. The molecule has 25 heavy (non-hydrogen) atoms. The molecule has 0 radical (unpaired) electrons. The number of benzene rings is 2. The molecule has 0 aliphatic carbocycles. The third-order valence-corrected chi connectivity index (χ3v) is 5.15. The summed E-state index contributed by atoms with van der Waals surface area (Å²) in [5.41, 5.74) is 3.01. The highest BCUT2D eigenvalue weighted by molar-refractivity contribution is 8.15. The fraction of sp³-hybridized carbons (Fsp3) is 0.200. The Morgan fingerprint density at radius 3 is 2.64 bits per heavy atom. The van der Waals surface area contributed by atoms with E-state index in [0.29, 0.717) is 12.4 Å². The molecule has 0 saturated carbocycles. The second kappa shape index (κ2) is 6.76. The van der Waals surface area contributed by atoms with Gasteiger partial charge >= 0.3 is 0 Å². The van der Waals surface area contributed by atoms with Gasteiger partial charge in [-0.25, -0.2) is 4.99 Å². The van der Waals surface area contributed by atoms with Gasteiger partial charge in [0, 0.05) is 5.56 Å². The van der Waals surface area contributed by atoms with E-state index in [-0.39, 0.29) is 11.9 Å². The molecule has 1 saturated heterocycles. The van der Waals surface area contributed by atoms with Crippen LogP contribution in [0, 0.1) is 0 Å². The second-order valence-electron chi connectivity index (χ2n) is 5.81. The first-order valence-corrected chi connectivity index (χ1v) is 9.28. The van der Waals surface area contributed by atoms with Crippen molar-refractivity contribution in [2.75, 3.05) is 12.4 Å². The lowest BCUT2D eigenvalue weighted by Crippen LogP contribution is -2.34. The topological polar surface area (TPSA) is 41.9 Å². The molecule has 0 unspecified atom stereocenters. The standard InChI is InChI=1S/C20H18N2O2S/c1-2-24-16-10-8-14(9-11-16)17-12-18(15-6-4-3-5-7-15)22-19(23)13-25-20(22)21-17/h3-12,18H,2,13H2,1H3/t18-/m0/s1. The number of hydrogen-bond donors (Lipinski definition) is 0. The summed E-state index contributed by atoms with van der Waals surface area (Å²) in [5.74, 6) is 1.41. The molecule has 1 amide bonds. The summed E-state index contributed by atoms with van der Waals surface area (Å²) >= 11 is 1.50. The van der Waals surface area contributed by atoms with E-state index >= 15 is 0 Å². The monoisotopic (exact) mass is 350 g/mol. The fourth-order valence-electron chi connectivity index (χ4n) is 3.04. The first kappa shape index (κ1) is 16.0. The Balaban J connectivity index is 1.73. The molecule has 1 fully saturated rings. The average Bonchev–Trinajstić information content (AvgIpc) is 3.04. The maximum absolute atomic E-state index is 12.3. The lowest BCUT2D eigenvalue weighted by Gasteiger charge is -2.29. The van der Waals surface area contributed by atoms with Gasteiger partial charge in [-0.2, -0.15) is 0 Å². The number of amidine groups is 1. The normalized spacial score (nSPS) is 19.3. The molecule has 1 atom stereocenters. The van der Waals surface area contributed by atoms with Crippen molar-refractivity contribution in [3.8, 4) is 5.75 Å². The number of hydrogen-bond acceptors (Lipinski definition) is 4. The summed E-state index contributed by atoms with van der Waals surface area (Å²) in [6.07, 6.45) is 2.07. The molecule has 0 aromatic heterocycles. The minimum absolute atomic E-state index is 0.111. The molecule has 2 aliphatic rings. The molecule has 0 bridgehead atoms. The van der Waals surface area contributed by atoms with Crippen molar-refractivity contribution >= 4 is 28.5 Å². The summed E-state index contributed by atoms with van der Waals surface area (Å²) in [7, 11) is 0. The Morgan fingerprint density at radius 1 is 1.16 bits per heavy atom. The molecule has 2 heterocycles. The average molecular weight is 350 g/mol. The molecular formula is C20H18N2O2S. The zero-order chi connectivity index (χ0) is 17.2. The number of carbonyl (C=O) groups is 1. The molecule has 126 valence electrons. The third-order valence-electron chi connectivity index (χ3n) is 4.21. The quantitative estimate of drug-likeness (QED) is 0.833. The summed E-state index contributed by atoms with van der Waals surface area (Å²) in [5, 5.41) is 0.783. The highest BCUT2D eigenvalue weighted by Crippen LogP contribution is 2.38. The molecule has 2 aliphatic heterocycles. The van der Waals surface area contributed by atoms with Crippen molar-refractivity contribution in [1.82, 2.24) is 4.90 Å². The lowest BCUT2D eigenvalue weighted by atomic mass is 10.0. The van der Waals surface area contributed by atoms with Crippen LogP contribution in [0.5, 0.6) is 5.75 Å². The van der Waals surface area contributed by atoms with Gasteiger partial charge in [0.05, 0.1) is 24.1 Å². The van der Waals surface area contributed by atoms with Crippen molar-refractivity contribution in [3.63, 3.8) is 0 Å². The molecular weight excluding hydrogens is 332 g/mol. The predicted molar refractivity (Wildman–Crippen MR) is 102 cm³/mol. The number of carbonyl (C=O) groups excluding carboxylic acids is 1. The molecule has 2 aromatic rings. The van der Waals surface area contributed by atoms with Crippen LogP contribution in [-0.4, -0.2) is 28.3 Å². The summed E-state index contributed by atoms with van der Waals surface area (Å²) in [4.78, 5) is 18.9. The Hall–Kier alpha value is -2.53. The van der Waals surface area contributed by atoms with E-state index in [9.17, 15) is 4.79 Å². The zero-order valence-electron chi connectivity index (χ0n) is 13.9. The van der Waals surface area contributed by atoms with Crippen molar-refractivity contribution in [3.05, 3.63) is 71.8 Å². The highest BCUT2D eigenvalue weighted by Gasteiger charge is 2.37. The maximum Gasteiger partial charge on any atom is 0.239 e. The molecule has 2 aromatic carbocycles. The highest BCUT2D eigenvalue weighted by atomic mass is 32.2. The van der Waals surface area contributed by atoms with Gasteiger partial charge in [0.25, 0.3) is 0 Å². The van der Waals surface area contributed by atoms with Crippen LogP contribution in [0.25, 0.3) is 5.70 Å². The first-order valence-electron chi connectivity index (χ1n) is 8.30. The lowest BCUT2D eigenvalue weighted by molar-refractivity contribution is -0.125. The zero-order valence-corrected chi connectivity index (χ0v) is 14.7. The number of fused-ring (bicyclic) bond motifs is 1. The second-order valence-corrected chi connectivity index (χ2v) is 6.75. The Morgan fingerprint density at radius 2 is 1.92 bits per heavy atom. The van der Waals surface area contributed by atoms with Crippen molar-refractivity contribution in [2.45, 2.75) is 13.0 Å². The Bertz CT molecular complexity index is 844. The minimum atomic E-state index is -0.113. The predicted octanol–water partition coefficient (Wildman–Crippen LogP) is 4.11. The van der Waals surface area contributed by atoms with E-state index in [0.717, 1.165) is 27.7 Å². The fourth-order valence-corrected chi connectivity index (χ4v) is 3.95. The molecule has 0 spiro atoms. The van der Waals surface area contributed by atoms with Gasteiger partial charge in [-0.1, -0.05) is 42.1 Å². The molecule has 4 nitrogen and oxygen atoms in total. The number of amides is 1. The number of rotatable bonds is 4. The Labute approximate surface area is 151 Å². The van der Waals surface area contributed by atoms with E-state index < -0.39 is 0 Å². The van der Waals surface area contributed by atoms with Crippen molar-refractivity contribution in [1.29, 1.82) is 0 Å². The van der Waals surface area contributed by atoms with Crippen LogP contribution in [0.2, 0.25) is 0 Å². The van der Waals surface area contributed by atoms with Crippen molar-refractivity contribution < 1.29 is 9.53 Å². The van der Waals surface area contributed by atoms with Crippen LogP contribution >= 0.6 is 11.8 Å². The van der Waals surface area contributed by atoms with Gasteiger partial charge in [0.1, 0.15) is 5.75 Å². The van der Waals surface area contributed by atoms with Crippen LogP contribution in [0.15, 0.2) is 65.7 Å². The molecule has 4 rings (SSSR count). The van der Waals surface area contributed by atoms with E-state index in [1.807, 2.05) is 49.4 Å². The van der Waals surface area contributed by atoms with Crippen LogP contribution in [0.4, 0.5) is 0 Å². The van der Waals surface area contributed by atoms with Gasteiger partial charge in [-0.3, -0.25) is 9.69 Å². The smallest absolute Gasteiger partial charge is 0.239 e. The summed E-state index contributed by atoms with van der Waals surface area (Å²) < 4.78 is 5.51. The van der Waals surface area contributed by atoms with Gasteiger partial charge in [0.2, 0.25) is 5.91 Å². The number of aliphatic imine (C=N–C) groups is 1. The van der Waals surface area contributed by atoms with E-state index in [2.05, 4.69) is 18.2 Å². The van der Waals surface area contributed by atoms with Crippen LogP contribution in [0.1, 0.15) is 24.1 Å². The van der Waals surface area contributed by atoms with Gasteiger partial charge in [-0.15, -0.1) is 0 Å². The number of ether oxygens (including phenoxy) is 1. The minimum Gasteiger partial charge on any atom is -0.494 e. The summed E-state index contributed by atoms with van der Waals surface area (Å²) in [6, 6.07) is 17.9. The maximum atomic E-state index is 12.3. The van der Waals surface area contributed by atoms with Gasteiger partial charge < -0.3 is 4.74 Å². The van der Waals surface area contributed by atoms with Gasteiger partial charge in [-0.05, 0) is 42.8 Å².